The summed E-state index contributed by atoms with van der Waals surface area (Å²) in [6.07, 6.45) is 2.89. The maximum atomic E-state index is 13.0. The maximum Gasteiger partial charge on any atom is 0.255 e. The number of aromatic nitrogens is 1. The van der Waals surface area contributed by atoms with Gasteiger partial charge in [-0.15, -0.1) is 0 Å². The Balaban J connectivity index is 1.72. The molecule has 1 N–H and O–H groups in total. The van der Waals surface area contributed by atoms with Crippen LogP contribution in [0.5, 0.6) is 0 Å². The van der Waals surface area contributed by atoms with Crippen LogP contribution in [0.1, 0.15) is 36.2 Å². The molecule has 0 bridgehead atoms. The zero-order chi connectivity index (χ0) is 19.4. The highest BCUT2D eigenvalue weighted by atomic mass is 35.5. The number of benzene rings is 1. The molecule has 0 aliphatic carbocycles. The second-order valence-corrected chi connectivity index (χ2v) is 7.80. The molecule has 2 amide bonds. The van der Waals surface area contributed by atoms with E-state index in [2.05, 4.69) is 24.1 Å². The van der Waals surface area contributed by atoms with E-state index in [9.17, 15) is 9.59 Å². The van der Waals surface area contributed by atoms with Crippen molar-refractivity contribution in [2.24, 2.45) is 11.8 Å². The van der Waals surface area contributed by atoms with Gasteiger partial charge in [-0.05, 0) is 42.0 Å². The zero-order valence-electron chi connectivity index (χ0n) is 15.6. The minimum absolute atomic E-state index is 0.0301. The van der Waals surface area contributed by atoms with Crippen LogP contribution >= 0.6 is 11.6 Å². The Morgan fingerprint density at radius 3 is 2.52 bits per heavy atom. The van der Waals surface area contributed by atoms with E-state index in [1.165, 1.54) is 0 Å². The quantitative estimate of drug-likeness (QED) is 0.808. The number of para-hydroxylation sites is 1. The fraction of sp³-hybridized carbons (Fsp3) is 0.381. The average molecular weight is 386 g/mol. The number of halogens is 1. The summed E-state index contributed by atoms with van der Waals surface area (Å²) in [7, 11) is 0. The largest absolute Gasteiger partial charge is 0.338 e. The number of likely N-dealkylation sites (tertiary alicyclic amines) is 1. The van der Waals surface area contributed by atoms with Crippen LogP contribution in [0.2, 0.25) is 5.15 Å². The number of hydrogen-bond acceptors (Lipinski definition) is 3. The van der Waals surface area contributed by atoms with Crippen LogP contribution in [0.25, 0.3) is 0 Å². The van der Waals surface area contributed by atoms with Crippen LogP contribution in [0.4, 0.5) is 5.69 Å². The second kappa shape index (κ2) is 8.53. The predicted molar refractivity (Wildman–Crippen MR) is 107 cm³/mol. The predicted octanol–water partition coefficient (Wildman–Crippen LogP) is 4.03. The molecule has 0 radical (unpaired) electrons. The van der Waals surface area contributed by atoms with Gasteiger partial charge in [0.2, 0.25) is 5.91 Å². The molecule has 1 aliphatic rings. The van der Waals surface area contributed by atoms with E-state index in [-0.39, 0.29) is 18.2 Å². The van der Waals surface area contributed by atoms with E-state index in [0.29, 0.717) is 28.2 Å². The summed E-state index contributed by atoms with van der Waals surface area (Å²) < 4.78 is 0. The van der Waals surface area contributed by atoms with Crippen molar-refractivity contribution in [1.29, 1.82) is 0 Å². The van der Waals surface area contributed by atoms with Gasteiger partial charge in [0.1, 0.15) is 5.15 Å². The third kappa shape index (κ3) is 5.07. The summed E-state index contributed by atoms with van der Waals surface area (Å²) in [4.78, 5) is 31.3. The van der Waals surface area contributed by atoms with E-state index in [1.807, 2.05) is 17.0 Å². The number of nitrogens with zero attached hydrogens (tertiary/aromatic N) is 2. The number of piperidine rings is 1. The lowest BCUT2D eigenvalue weighted by Crippen LogP contribution is -2.42. The molecule has 2 aromatic rings. The van der Waals surface area contributed by atoms with Crippen LogP contribution in [0.3, 0.4) is 0 Å². The van der Waals surface area contributed by atoms with Gasteiger partial charge in [0, 0.05) is 19.3 Å². The van der Waals surface area contributed by atoms with Crippen molar-refractivity contribution in [3.63, 3.8) is 0 Å². The number of hydrogen-bond donors (Lipinski definition) is 1. The number of rotatable bonds is 4. The van der Waals surface area contributed by atoms with Crippen LogP contribution in [0, 0.1) is 11.8 Å². The van der Waals surface area contributed by atoms with Gasteiger partial charge in [-0.1, -0.05) is 43.6 Å². The SMILES string of the molecule is CC1CC(C)CN(C(=O)c2ccccc2NC(=O)Cc2ccc(Cl)nc2)C1. The van der Waals surface area contributed by atoms with Gasteiger partial charge >= 0.3 is 0 Å². The van der Waals surface area contributed by atoms with Crippen molar-refractivity contribution >= 4 is 29.1 Å². The van der Waals surface area contributed by atoms with Crippen molar-refractivity contribution < 1.29 is 9.59 Å². The lowest BCUT2D eigenvalue weighted by molar-refractivity contribution is -0.115. The Morgan fingerprint density at radius 2 is 1.85 bits per heavy atom. The molecule has 0 spiro atoms. The molecule has 6 heteroatoms. The minimum Gasteiger partial charge on any atom is -0.338 e. The number of anilines is 1. The lowest BCUT2D eigenvalue weighted by Gasteiger charge is -2.35. The molecule has 2 unspecified atom stereocenters. The third-order valence-corrected chi connectivity index (χ3v) is 4.96. The summed E-state index contributed by atoms with van der Waals surface area (Å²) >= 11 is 5.77. The molecule has 0 saturated carbocycles. The molecule has 27 heavy (non-hydrogen) atoms. The van der Waals surface area contributed by atoms with Gasteiger partial charge in [-0.25, -0.2) is 4.98 Å². The molecule has 1 fully saturated rings. The number of pyridine rings is 1. The Labute approximate surface area is 164 Å². The molecule has 3 rings (SSSR count). The molecule has 1 aliphatic heterocycles. The molecule has 1 saturated heterocycles. The van der Waals surface area contributed by atoms with Crippen molar-refractivity contribution in [2.75, 3.05) is 18.4 Å². The van der Waals surface area contributed by atoms with Crippen LogP contribution in [-0.2, 0) is 11.2 Å². The molecular formula is C21H24ClN3O2. The topological polar surface area (TPSA) is 62.3 Å². The minimum atomic E-state index is -0.195. The molecule has 1 aromatic carbocycles. The first-order valence-electron chi connectivity index (χ1n) is 9.21. The zero-order valence-corrected chi connectivity index (χ0v) is 16.4. The summed E-state index contributed by atoms with van der Waals surface area (Å²) in [6, 6.07) is 10.6. The number of carbonyl (C=O) groups is 2. The highest BCUT2D eigenvalue weighted by molar-refractivity contribution is 6.29. The Hall–Kier alpha value is -2.40. The fourth-order valence-electron chi connectivity index (χ4n) is 3.67. The fourth-order valence-corrected chi connectivity index (χ4v) is 3.78. The van der Waals surface area contributed by atoms with Gasteiger partial charge in [-0.3, -0.25) is 9.59 Å². The Bertz CT molecular complexity index is 812. The highest BCUT2D eigenvalue weighted by Crippen LogP contribution is 2.25. The van der Waals surface area contributed by atoms with E-state index in [4.69, 9.17) is 11.6 Å². The van der Waals surface area contributed by atoms with Gasteiger partial charge in [-0.2, -0.15) is 0 Å². The monoisotopic (exact) mass is 385 g/mol. The van der Waals surface area contributed by atoms with E-state index in [0.717, 1.165) is 25.1 Å². The van der Waals surface area contributed by atoms with E-state index >= 15 is 0 Å². The Kier molecular flexibility index (Phi) is 6.11. The van der Waals surface area contributed by atoms with Crippen molar-refractivity contribution in [1.82, 2.24) is 9.88 Å². The standard InChI is InChI=1S/C21H24ClN3O2/c1-14-9-15(2)13-25(12-14)21(27)17-5-3-4-6-18(17)24-20(26)10-16-7-8-19(22)23-11-16/h3-8,11,14-15H,9-10,12-13H2,1-2H3,(H,24,26). The normalized spacial score (nSPS) is 19.6. The van der Waals surface area contributed by atoms with Crippen LogP contribution in [0.15, 0.2) is 42.6 Å². The third-order valence-electron chi connectivity index (χ3n) is 4.74. The summed E-state index contributed by atoms with van der Waals surface area (Å²) in [5.74, 6) is 0.742. The first-order valence-corrected chi connectivity index (χ1v) is 9.58. The van der Waals surface area contributed by atoms with E-state index in [1.54, 1.807) is 30.5 Å². The molecule has 5 nitrogen and oxygen atoms in total. The van der Waals surface area contributed by atoms with Gasteiger partial charge in [0.25, 0.3) is 5.91 Å². The first kappa shape index (κ1) is 19.4. The van der Waals surface area contributed by atoms with Crippen LogP contribution in [-0.4, -0.2) is 34.8 Å². The second-order valence-electron chi connectivity index (χ2n) is 7.42. The summed E-state index contributed by atoms with van der Waals surface area (Å²) in [5.41, 5.74) is 1.83. The average Bonchev–Trinajstić information content (AvgIpc) is 2.63. The number of nitrogens with one attached hydrogen (secondary N) is 1. The van der Waals surface area contributed by atoms with Gasteiger partial charge < -0.3 is 10.2 Å². The Morgan fingerprint density at radius 1 is 1.15 bits per heavy atom. The maximum absolute atomic E-state index is 13.0. The molecule has 2 heterocycles. The van der Waals surface area contributed by atoms with Crippen molar-refractivity contribution in [3.8, 4) is 0 Å². The summed E-state index contributed by atoms with van der Waals surface area (Å²) in [6.45, 7) is 5.84. The van der Waals surface area contributed by atoms with Crippen LogP contribution < -0.4 is 5.32 Å². The number of carbonyl (C=O) groups excluding carboxylic acids is 2. The highest BCUT2D eigenvalue weighted by Gasteiger charge is 2.27. The lowest BCUT2D eigenvalue weighted by atomic mass is 9.91. The molecule has 1 aromatic heterocycles. The molecular weight excluding hydrogens is 362 g/mol. The van der Waals surface area contributed by atoms with Gasteiger partial charge in [0.05, 0.1) is 17.7 Å². The first-order chi connectivity index (χ1) is 12.9. The van der Waals surface area contributed by atoms with E-state index < -0.39 is 0 Å². The van der Waals surface area contributed by atoms with Gasteiger partial charge in [0.15, 0.2) is 0 Å². The summed E-state index contributed by atoms with van der Waals surface area (Å²) in [5, 5.41) is 3.26. The number of amides is 2. The molecule has 2 atom stereocenters. The van der Waals surface area contributed by atoms with Crippen molar-refractivity contribution in [3.05, 3.63) is 58.9 Å². The van der Waals surface area contributed by atoms with Crippen molar-refractivity contribution in [2.45, 2.75) is 26.7 Å². The smallest absolute Gasteiger partial charge is 0.255 e. The molecule has 142 valence electrons.